The number of likely N-dealkylation sites (tertiary alicyclic amines) is 1. The van der Waals surface area contributed by atoms with Gasteiger partial charge >= 0.3 is 0 Å². The van der Waals surface area contributed by atoms with Crippen molar-refractivity contribution in [2.24, 2.45) is 0 Å². The SMILES string of the molecule is COc1ccc(S(=O)(=O)NC[C@H]2O[C@@H](CO)[C@@H](O)[C@H]2N2CCCC2)cc1. The molecule has 0 unspecified atom stereocenters. The summed E-state index contributed by atoms with van der Waals surface area (Å²) >= 11 is 0. The first-order valence-corrected chi connectivity index (χ1v) is 10.3. The number of nitrogens with zero attached hydrogens (tertiary/aromatic N) is 1. The van der Waals surface area contributed by atoms with Gasteiger partial charge in [0.1, 0.15) is 18.0 Å². The molecule has 26 heavy (non-hydrogen) atoms. The zero-order valence-electron chi connectivity index (χ0n) is 14.7. The smallest absolute Gasteiger partial charge is 0.240 e. The maximum atomic E-state index is 12.5. The maximum Gasteiger partial charge on any atom is 0.240 e. The van der Waals surface area contributed by atoms with Gasteiger partial charge < -0.3 is 19.7 Å². The summed E-state index contributed by atoms with van der Waals surface area (Å²) in [6.45, 7) is 1.41. The Kier molecular flexibility index (Phi) is 6.16. The summed E-state index contributed by atoms with van der Waals surface area (Å²) in [6, 6.07) is 5.78. The van der Waals surface area contributed by atoms with Gasteiger partial charge in [0.2, 0.25) is 10.0 Å². The van der Waals surface area contributed by atoms with Crippen LogP contribution in [-0.2, 0) is 14.8 Å². The Morgan fingerprint density at radius 1 is 1.23 bits per heavy atom. The summed E-state index contributed by atoms with van der Waals surface area (Å²) in [6.07, 6.45) is 0.0205. The molecular weight excluding hydrogens is 360 g/mol. The van der Waals surface area contributed by atoms with Crippen molar-refractivity contribution >= 4 is 10.0 Å². The number of aliphatic hydroxyl groups is 2. The molecule has 2 aliphatic rings. The van der Waals surface area contributed by atoms with Gasteiger partial charge in [0.05, 0.1) is 30.8 Å². The molecule has 0 aliphatic carbocycles. The summed E-state index contributed by atoms with van der Waals surface area (Å²) in [5, 5.41) is 19.9. The summed E-state index contributed by atoms with van der Waals surface area (Å²) in [5.74, 6) is 0.575. The highest BCUT2D eigenvalue weighted by atomic mass is 32.2. The van der Waals surface area contributed by atoms with Gasteiger partial charge in [-0.05, 0) is 50.2 Å². The van der Waals surface area contributed by atoms with Crippen molar-refractivity contribution < 1.29 is 28.1 Å². The maximum absolute atomic E-state index is 12.5. The monoisotopic (exact) mass is 386 g/mol. The third-order valence-electron chi connectivity index (χ3n) is 5.05. The fourth-order valence-electron chi connectivity index (χ4n) is 3.67. The highest BCUT2D eigenvalue weighted by Gasteiger charge is 2.46. The highest BCUT2D eigenvalue weighted by Crippen LogP contribution is 2.28. The second kappa shape index (κ2) is 8.20. The molecule has 0 saturated carbocycles. The van der Waals surface area contributed by atoms with Crippen LogP contribution in [0, 0.1) is 0 Å². The molecule has 0 amide bonds. The Morgan fingerprint density at radius 3 is 2.46 bits per heavy atom. The lowest BCUT2D eigenvalue weighted by atomic mass is 10.0. The summed E-state index contributed by atoms with van der Waals surface area (Å²) in [5.41, 5.74) is 0. The van der Waals surface area contributed by atoms with Crippen LogP contribution in [0.15, 0.2) is 29.2 Å². The summed E-state index contributed by atoms with van der Waals surface area (Å²) in [7, 11) is -2.20. The molecule has 1 aromatic carbocycles. The summed E-state index contributed by atoms with van der Waals surface area (Å²) in [4.78, 5) is 2.25. The second-order valence-corrected chi connectivity index (χ2v) is 8.41. The predicted molar refractivity (Wildman–Crippen MR) is 94.5 cm³/mol. The van der Waals surface area contributed by atoms with Crippen molar-refractivity contribution in [2.75, 3.05) is 33.4 Å². The predicted octanol–water partition coefficient (Wildman–Crippen LogP) is -0.441. The van der Waals surface area contributed by atoms with Crippen LogP contribution >= 0.6 is 0 Å². The lowest BCUT2D eigenvalue weighted by Gasteiger charge is -2.30. The normalized spacial score (nSPS) is 30.0. The molecule has 2 saturated heterocycles. The topological polar surface area (TPSA) is 108 Å². The van der Waals surface area contributed by atoms with Gasteiger partial charge in [-0.1, -0.05) is 0 Å². The molecule has 0 spiro atoms. The number of methoxy groups -OCH3 is 1. The molecule has 8 nitrogen and oxygen atoms in total. The molecular formula is C17H26N2O6S. The van der Waals surface area contributed by atoms with Gasteiger partial charge in [-0.25, -0.2) is 13.1 Å². The van der Waals surface area contributed by atoms with Gasteiger partial charge in [0.25, 0.3) is 0 Å². The van der Waals surface area contributed by atoms with E-state index in [2.05, 4.69) is 9.62 Å². The second-order valence-electron chi connectivity index (χ2n) is 6.65. The van der Waals surface area contributed by atoms with Crippen LogP contribution in [0.3, 0.4) is 0 Å². The minimum absolute atomic E-state index is 0.0308. The van der Waals surface area contributed by atoms with Crippen LogP contribution < -0.4 is 9.46 Å². The van der Waals surface area contributed by atoms with Gasteiger partial charge in [-0.15, -0.1) is 0 Å². The van der Waals surface area contributed by atoms with E-state index < -0.39 is 28.3 Å². The molecule has 146 valence electrons. The van der Waals surface area contributed by atoms with Crippen molar-refractivity contribution in [3.8, 4) is 5.75 Å². The molecule has 1 aromatic rings. The average molecular weight is 386 g/mol. The fourth-order valence-corrected chi connectivity index (χ4v) is 4.71. The number of hydrogen-bond acceptors (Lipinski definition) is 7. The zero-order chi connectivity index (χ0) is 18.7. The molecule has 0 bridgehead atoms. The third kappa shape index (κ3) is 4.03. The molecule has 2 aliphatic heterocycles. The number of ether oxygens (including phenoxy) is 2. The molecule has 3 rings (SSSR count). The Bertz CT molecular complexity index is 690. The zero-order valence-corrected chi connectivity index (χ0v) is 15.6. The van der Waals surface area contributed by atoms with Gasteiger partial charge in [-0.2, -0.15) is 0 Å². The van der Waals surface area contributed by atoms with Crippen molar-refractivity contribution in [1.82, 2.24) is 9.62 Å². The van der Waals surface area contributed by atoms with E-state index >= 15 is 0 Å². The van der Waals surface area contributed by atoms with Crippen molar-refractivity contribution in [1.29, 1.82) is 0 Å². The molecule has 0 radical (unpaired) electrons. The van der Waals surface area contributed by atoms with Gasteiger partial charge in [0.15, 0.2) is 0 Å². The van der Waals surface area contributed by atoms with Crippen LogP contribution in [0.5, 0.6) is 5.75 Å². The molecule has 3 N–H and O–H groups in total. The van der Waals surface area contributed by atoms with Crippen LogP contribution in [0.1, 0.15) is 12.8 Å². The van der Waals surface area contributed by atoms with E-state index in [1.807, 2.05) is 0 Å². The first-order chi connectivity index (χ1) is 12.5. The standard InChI is InChI=1S/C17H26N2O6S/c1-24-12-4-6-13(7-5-12)26(22,23)18-10-14-16(19-8-2-3-9-19)17(21)15(11-20)25-14/h4-7,14-18,20-21H,2-3,8-11H2,1H3/t14-,15+,16+,17-/m1/s1. The highest BCUT2D eigenvalue weighted by molar-refractivity contribution is 7.89. The summed E-state index contributed by atoms with van der Waals surface area (Å²) < 4.78 is 38.4. The molecule has 2 fully saturated rings. The Hall–Kier alpha value is -1.23. The lowest BCUT2D eigenvalue weighted by Crippen LogP contribution is -2.50. The number of benzene rings is 1. The van der Waals surface area contributed by atoms with E-state index in [4.69, 9.17) is 9.47 Å². The van der Waals surface area contributed by atoms with Crippen LogP contribution in [0.25, 0.3) is 0 Å². The Morgan fingerprint density at radius 2 is 1.88 bits per heavy atom. The van der Waals surface area contributed by atoms with Crippen molar-refractivity contribution in [2.45, 2.75) is 42.1 Å². The molecule has 9 heteroatoms. The van der Waals surface area contributed by atoms with Crippen LogP contribution in [-0.4, -0.2) is 81.2 Å². The molecule has 2 heterocycles. The quantitative estimate of drug-likeness (QED) is 0.583. The average Bonchev–Trinajstić information content (AvgIpc) is 3.27. The van der Waals surface area contributed by atoms with E-state index in [-0.39, 0.29) is 24.1 Å². The number of hydrogen-bond donors (Lipinski definition) is 3. The fraction of sp³-hybridized carbons (Fsp3) is 0.647. The number of sulfonamides is 1. The first-order valence-electron chi connectivity index (χ1n) is 8.78. The van der Waals surface area contributed by atoms with Crippen molar-refractivity contribution in [3.05, 3.63) is 24.3 Å². The largest absolute Gasteiger partial charge is 0.497 e. The van der Waals surface area contributed by atoms with E-state index in [1.54, 1.807) is 12.1 Å². The first kappa shape index (κ1) is 19.5. The van der Waals surface area contributed by atoms with Gasteiger partial charge in [-0.3, -0.25) is 4.90 Å². The lowest BCUT2D eigenvalue weighted by molar-refractivity contribution is -0.0201. The Labute approximate surface area is 153 Å². The van der Waals surface area contributed by atoms with E-state index in [0.29, 0.717) is 5.75 Å². The number of rotatable bonds is 7. The Balaban J connectivity index is 1.69. The van der Waals surface area contributed by atoms with Gasteiger partial charge in [0, 0.05) is 6.54 Å². The van der Waals surface area contributed by atoms with E-state index in [9.17, 15) is 18.6 Å². The van der Waals surface area contributed by atoms with E-state index in [1.165, 1.54) is 19.2 Å². The molecule has 0 aromatic heterocycles. The minimum atomic E-state index is -3.71. The third-order valence-corrected chi connectivity index (χ3v) is 6.49. The minimum Gasteiger partial charge on any atom is -0.497 e. The van der Waals surface area contributed by atoms with Crippen LogP contribution in [0.2, 0.25) is 0 Å². The number of aliphatic hydroxyl groups excluding tert-OH is 2. The van der Waals surface area contributed by atoms with Crippen molar-refractivity contribution in [3.63, 3.8) is 0 Å². The molecule has 4 atom stereocenters. The van der Waals surface area contributed by atoms with Crippen LogP contribution in [0.4, 0.5) is 0 Å². The number of nitrogens with one attached hydrogen (secondary N) is 1. The van der Waals surface area contributed by atoms with E-state index in [0.717, 1.165) is 25.9 Å².